The van der Waals surface area contributed by atoms with Crippen LogP contribution in [0.4, 0.5) is 0 Å². The van der Waals surface area contributed by atoms with E-state index in [1.807, 2.05) is 20.1 Å². The van der Waals surface area contributed by atoms with Crippen molar-refractivity contribution in [3.63, 3.8) is 0 Å². The van der Waals surface area contributed by atoms with E-state index in [0.717, 1.165) is 29.7 Å². The first-order valence-corrected chi connectivity index (χ1v) is 8.51. The Hall–Kier alpha value is -1.02. The summed E-state index contributed by atoms with van der Waals surface area (Å²) < 4.78 is 5.55. The van der Waals surface area contributed by atoms with Gasteiger partial charge in [-0.05, 0) is 40.5 Å². The van der Waals surface area contributed by atoms with Crippen molar-refractivity contribution in [2.45, 2.75) is 74.8 Å². The molecule has 0 aromatic rings. The molecule has 1 aliphatic rings. The Bertz CT molecular complexity index is 392. The average Bonchev–Trinajstić information content (AvgIpc) is 2.40. The van der Waals surface area contributed by atoms with E-state index in [1.54, 1.807) is 0 Å². The third kappa shape index (κ3) is 6.00. The number of aliphatic hydroxyl groups excluding tert-OH is 1. The number of aliphatic hydroxyl groups is 1. The Balaban J connectivity index is 0.00000211. The van der Waals surface area contributed by atoms with Crippen LogP contribution in [0.3, 0.4) is 0 Å². The quantitative estimate of drug-likeness (QED) is 0.540. The molecule has 0 radical (unpaired) electrons. The van der Waals surface area contributed by atoms with Crippen LogP contribution in [0.2, 0.25) is 0 Å². The van der Waals surface area contributed by atoms with Gasteiger partial charge in [-0.25, -0.2) is 0 Å². The first-order valence-electron chi connectivity index (χ1n) is 8.51. The molecule has 0 fully saturated rings. The fourth-order valence-corrected chi connectivity index (χ4v) is 2.32. The highest BCUT2D eigenvalue weighted by Gasteiger charge is 2.34. The van der Waals surface area contributed by atoms with Crippen LogP contribution in [-0.2, 0) is 4.74 Å². The highest BCUT2D eigenvalue weighted by Crippen LogP contribution is 2.41. The molecule has 0 heterocycles. The second kappa shape index (κ2) is 8.57. The van der Waals surface area contributed by atoms with Crippen LogP contribution in [-0.4, -0.2) is 17.8 Å². The fraction of sp³-hybridized carbons (Fsp3) is 0.700. The van der Waals surface area contributed by atoms with Gasteiger partial charge in [0.25, 0.3) is 0 Å². The summed E-state index contributed by atoms with van der Waals surface area (Å²) in [6.45, 7) is 19.6. The molecule has 0 atom stereocenters. The van der Waals surface area contributed by atoms with Crippen molar-refractivity contribution in [3.8, 4) is 0 Å². The predicted octanol–water partition coefficient (Wildman–Crippen LogP) is 5.64. The topological polar surface area (TPSA) is 29.5 Å². The molecule has 1 rings (SSSR count). The Labute approximate surface area is 138 Å². The zero-order valence-corrected chi connectivity index (χ0v) is 16.1. The molecule has 0 saturated heterocycles. The Morgan fingerprint density at radius 3 is 1.73 bits per heavy atom. The monoisotopic (exact) mass is 308 g/mol. The molecule has 0 aromatic heterocycles. The standard InChI is InChI=1S/C18H30O2.C2H6/c1-8-9-20-12-13-10-14(17(2,3)4)16(19)15(11-13)18(5,6)7;1-2/h10-12,16,19H,8-9H2,1-7H3;1-2H3. The van der Waals surface area contributed by atoms with E-state index >= 15 is 0 Å². The summed E-state index contributed by atoms with van der Waals surface area (Å²) in [4.78, 5) is 0. The van der Waals surface area contributed by atoms with Crippen molar-refractivity contribution >= 4 is 0 Å². The molecule has 128 valence electrons. The molecular weight excluding hydrogens is 272 g/mol. The Kier molecular flexibility index (Phi) is 8.17. The van der Waals surface area contributed by atoms with E-state index in [9.17, 15) is 5.11 Å². The molecule has 0 amide bonds. The smallest absolute Gasteiger partial charge is 0.0977 e. The van der Waals surface area contributed by atoms with Crippen LogP contribution in [0.15, 0.2) is 35.1 Å². The van der Waals surface area contributed by atoms with Crippen molar-refractivity contribution in [3.05, 3.63) is 35.1 Å². The van der Waals surface area contributed by atoms with E-state index in [2.05, 4.69) is 60.6 Å². The predicted molar refractivity (Wildman–Crippen MR) is 96.8 cm³/mol. The fourth-order valence-electron chi connectivity index (χ4n) is 2.32. The number of rotatable bonds is 3. The van der Waals surface area contributed by atoms with E-state index in [4.69, 9.17) is 4.74 Å². The summed E-state index contributed by atoms with van der Waals surface area (Å²) in [5, 5.41) is 10.7. The van der Waals surface area contributed by atoms with Crippen LogP contribution >= 0.6 is 0 Å². The summed E-state index contributed by atoms with van der Waals surface area (Å²) in [5.74, 6) is 0. The molecule has 0 spiro atoms. The van der Waals surface area contributed by atoms with Gasteiger partial charge in [-0.15, -0.1) is 0 Å². The second-order valence-corrected chi connectivity index (χ2v) is 7.59. The minimum Gasteiger partial charge on any atom is -0.501 e. The number of ether oxygens (including phenoxy) is 1. The Morgan fingerprint density at radius 1 is 1.00 bits per heavy atom. The maximum atomic E-state index is 10.7. The summed E-state index contributed by atoms with van der Waals surface area (Å²) in [5.41, 5.74) is 3.02. The van der Waals surface area contributed by atoms with Gasteiger partial charge in [0.05, 0.1) is 19.0 Å². The number of hydrogen-bond donors (Lipinski definition) is 1. The third-order valence-corrected chi connectivity index (χ3v) is 3.51. The van der Waals surface area contributed by atoms with Gasteiger partial charge in [0, 0.05) is 5.57 Å². The van der Waals surface area contributed by atoms with Gasteiger partial charge < -0.3 is 9.84 Å². The first-order chi connectivity index (χ1) is 10.1. The van der Waals surface area contributed by atoms with Gasteiger partial charge in [-0.3, -0.25) is 0 Å². The van der Waals surface area contributed by atoms with Gasteiger partial charge in [0.15, 0.2) is 0 Å². The number of hydrogen-bond acceptors (Lipinski definition) is 2. The molecule has 1 aliphatic carbocycles. The van der Waals surface area contributed by atoms with Crippen molar-refractivity contribution in [1.29, 1.82) is 0 Å². The van der Waals surface area contributed by atoms with Crippen molar-refractivity contribution in [2.24, 2.45) is 10.8 Å². The van der Waals surface area contributed by atoms with Crippen LogP contribution in [0.1, 0.15) is 68.7 Å². The molecule has 0 bridgehead atoms. The molecule has 0 aliphatic heterocycles. The molecule has 0 unspecified atom stereocenters. The lowest BCUT2D eigenvalue weighted by Crippen LogP contribution is -2.31. The SMILES string of the molecule is CC.CCCOC=C1C=C(C(C)(C)C)C(O)C(C(C)(C)C)=C1. The van der Waals surface area contributed by atoms with Crippen LogP contribution in [0, 0.1) is 10.8 Å². The zero-order chi connectivity index (χ0) is 17.6. The second-order valence-electron chi connectivity index (χ2n) is 7.59. The molecule has 22 heavy (non-hydrogen) atoms. The molecule has 2 nitrogen and oxygen atoms in total. The van der Waals surface area contributed by atoms with Gasteiger partial charge in [-0.1, -0.05) is 62.3 Å². The molecule has 2 heteroatoms. The lowest BCUT2D eigenvalue weighted by molar-refractivity contribution is 0.191. The zero-order valence-electron chi connectivity index (χ0n) is 16.1. The van der Waals surface area contributed by atoms with E-state index in [1.165, 1.54) is 0 Å². The van der Waals surface area contributed by atoms with Crippen molar-refractivity contribution < 1.29 is 9.84 Å². The van der Waals surface area contributed by atoms with Crippen molar-refractivity contribution in [2.75, 3.05) is 6.61 Å². The van der Waals surface area contributed by atoms with Crippen LogP contribution < -0.4 is 0 Å². The highest BCUT2D eigenvalue weighted by atomic mass is 16.5. The van der Waals surface area contributed by atoms with Gasteiger partial charge in [0.1, 0.15) is 0 Å². The molecular formula is C20H36O2. The summed E-state index contributed by atoms with van der Waals surface area (Å²) in [7, 11) is 0. The maximum Gasteiger partial charge on any atom is 0.0977 e. The van der Waals surface area contributed by atoms with Gasteiger partial charge in [-0.2, -0.15) is 0 Å². The average molecular weight is 309 g/mol. The minimum absolute atomic E-state index is 0.0615. The van der Waals surface area contributed by atoms with Gasteiger partial charge >= 0.3 is 0 Å². The highest BCUT2D eigenvalue weighted by molar-refractivity contribution is 5.48. The first kappa shape index (κ1) is 21.0. The normalized spacial score (nSPS) is 18.8. The minimum atomic E-state index is -0.502. The van der Waals surface area contributed by atoms with Crippen LogP contribution in [0.5, 0.6) is 0 Å². The molecule has 0 saturated carbocycles. The van der Waals surface area contributed by atoms with Crippen LogP contribution in [0.25, 0.3) is 0 Å². The lowest BCUT2D eigenvalue weighted by atomic mass is 9.71. The maximum absolute atomic E-state index is 10.7. The van der Waals surface area contributed by atoms with Crippen molar-refractivity contribution in [1.82, 2.24) is 0 Å². The summed E-state index contributed by atoms with van der Waals surface area (Å²) in [6, 6.07) is 0. The summed E-state index contributed by atoms with van der Waals surface area (Å²) in [6.07, 6.45) is 6.44. The number of allylic oxidation sites excluding steroid dienone is 3. The van der Waals surface area contributed by atoms with E-state index in [0.29, 0.717) is 0 Å². The lowest BCUT2D eigenvalue weighted by Gasteiger charge is -2.37. The summed E-state index contributed by atoms with van der Waals surface area (Å²) >= 11 is 0. The van der Waals surface area contributed by atoms with Gasteiger partial charge in [0.2, 0.25) is 0 Å². The van der Waals surface area contributed by atoms with E-state index in [-0.39, 0.29) is 10.8 Å². The Morgan fingerprint density at radius 2 is 1.41 bits per heavy atom. The van der Waals surface area contributed by atoms with E-state index < -0.39 is 6.10 Å². The largest absolute Gasteiger partial charge is 0.501 e. The third-order valence-electron chi connectivity index (χ3n) is 3.51. The molecule has 0 aromatic carbocycles. The molecule has 1 N–H and O–H groups in total.